The van der Waals surface area contributed by atoms with Crippen LogP contribution in [0.2, 0.25) is 5.02 Å². The van der Waals surface area contributed by atoms with Crippen LogP contribution >= 0.6 is 38.9 Å². The zero-order valence-electron chi connectivity index (χ0n) is 19.3. The molecule has 5 rings (SSSR count). The lowest BCUT2D eigenvalue weighted by molar-refractivity contribution is -0.140. The fourth-order valence-electron chi connectivity index (χ4n) is 3.62. The first-order valence-electron chi connectivity index (χ1n) is 10.8. The maximum absolute atomic E-state index is 13.6. The van der Waals surface area contributed by atoms with E-state index in [1.54, 1.807) is 18.2 Å². The molecule has 3 N–H and O–H groups in total. The summed E-state index contributed by atoms with van der Waals surface area (Å²) in [7, 11) is 0. The van der Waals surface area contributed by atoms with Gasteiger partial charge in [0.15, 0.2) is 12.4 Å². The predicted molar refractivity (Wildman–Crippen MR) is 141 cm³/mol. The van der Waals surface area contributed by atoms with Crippen molar-refractivity contribution in [1.29, 1.82) is 0 Å². The standard InChI is InChI=1S/C24H14BrClF3N5O4S/c25-11-3-4-16(13(26)8-11)38-10-34-6-5-14(33-34)22(36)32-19-18-12(15-2-1-7-37-15)9-17(24(27,28)29)31-23(18)39-20(19)21(30)35/h1-9H,10H2,(H2,30,35)(H,32,36). The summed E-state index contributed by atoms with van der Waals surface area (Å²) in [5, 5.41) is 7.15. The van der Waals surface area contributed by atoms with Gasteiger partial charge >= 0.3 is 6.18 Å². The van der Waals surface area contributed by atoms with Crippen molar-refractivity contribution < 1.29 is 31.9 Å². The number of hydrogen-bond acceptors (Lipinski definition) is 7. The molecule has 200 valence electrons. The van der Waals surface area contributed by atoms with E-state index in [-0.39, 0.29) is 44.5 Å². The number of nitrogens with two attached hydrogens (primary N) is 1. The normalized spacial score (nSPS) is 11.6. The van der Waals surface area contributed by atoms with E-state index in [0.717, 1.165) is 10.5 Å². The van der Waals surface area contributed by atoms with E-state index >= 15 is 0 Å². The zero-order chi connectivity index (χ0) is 27.9. The molecular weight excluding hydrogens is 627 g/mol. The molecule has 4 aromatic heterocycles. The summed E-state index contributed by atoms with van der Waals surface area (Å²) in [5.41, 5.74) is 4.12. The number of fused-ring (bicyclic) bond motifs is 1. The summed E-state index contributed by atoms with van der Waals surface area (Å²) in [5.74, 6) is -1.24. The van der Waals surface area contributed by atoms with Crippen molar-refractivity contribution in [1.82, 2.24) is 14.8 Å². The van der Waals surface area contributed by atoms with Crippen LogP contribution in [0.15, 0.2) is 63.8 Å². The number of nitrogens with zero attached hydrogens (tertiary/aromatic N) is 3. The molecule has 0 atom stereocenters. The molecule has 0 aliphatic carbocycles. The Balaban J connectivity index is 1.48. The molecule has 1 aromatic carbocycles. The number of primary amides is 1. The van der Waals surface area contributed by atoms with Crippen molar-refractivity contribution in [2.24, 2.45) is 5.73 Å². The Bertz CT molecular complexity index is 1720. The Kier molecular flexibility index (Phi) is 7.09. The van der Waals surface area contributed by atoms with Crippen molar-refractivity contribution in [3.8, 4) is 17.1 Å². The topological polar surface area (TPSA) is 125 Å². The van der Waals surface area contributed by atoms with Gasteiger partial charge in [-0.3, -0.25) is 9.59 Å². The van der Waals surface area contributed by atoms with Gasteiger partial charge < -0.3 is 20.2 Å². The second-order valence-corrected chi connectivity index (χ2v) is 10.2. The first-order valence-corrected chi connectivity index (χ1v) is 12.8. The summed E-state index contributed by atoms with van der Waals surface area (Å²) in [4.78, 5) is 28.7. The van der Waals surface area contributed by atoms with Crippen LogP contribution in [0, 0.1) is 0 Å². The van der Waals surface area contributed by atoms with Crippen molar-refractivity contribution in [3.05, 3.63) is 80.7 Å². The van der Waals surface area contributed by atoms with Gasteiger partial charge in [0.05, 0.1) is 17.0 Å². The van der Waals surface area contributed by atoms with E-state index in [0.29, 0.717) is 22.1 Å². The van der Waals surface area contributed by atoms with Gasteiger partial charge in [-0.15, -0.1) is 11.3 Å². The molecule has 5 aromatic rings. The lowest BCUT2D eigenvalue weighted by atomic mass is 10.1. The van der Waals surface area contributed by atoms with Crippen LogP contribution in [0.4, 0.5) is 18.9 Å². The molecule has 9 nitrogen and oxygen atoms in total. The van der Waals surface area contributed by atoms with Gasteiger partial charge in [0.1, 0.15) is 26.9 Å². The minimum absolute atomic E-state index is 0.0262. The smallest absolute Gasteiger partial charge is 0.433 e. The van der Waals surface area contributed by atoms with Crippen LogP contribution in [0.25, 0.3) is 21.5 Å². The molecule has 0 aliphatic heterocycles. The second-order valence-electron chi connectivity index (χ2n) is 7.92. The summed E-state index contributed by atoms with van der Waals surface area (Å²) < 4.78 is 53.8. The number of halogens is 5. The summed E-state index contributed by atoms with van der Waals surface area (Å²) in [6, 6.07) is 10.2. The molecule has 0 saturated heterocycles. The van der Waals surface area contributed by atoms with E-state index < -0.39 is 23.7 Å². The first-order chi connectivity index (χ1) is 18.5. The van der Waals surface area contributed by atoms with Crippen molar-refractivity contribution in [2.75, 3.05) is 5.32 Å². The van der Waals surface area contributed by atoms with E-state index in [4.69, 9.17) is 26.5 Å². The number of thiophene rings is 1. The number of nitrogens with one attached hydrogen (secondary N) is 1. The van der Waals surface area contributed by atoms with Gasteiger partial charge in [0.25, 0.3) is 11.8 Å². The SMILES string of the molecule is NC(=O)c1sc2nc(C(F)(F)F)cc(-c3ccco3)c2c1NC(=O)c1ccn(COc2ccc(Br)cc2Cl)n1. The molecule has 0 spiro atoms. The molecule has 0 aliphatic rings. The number of alkyl halides is 3. The van der Waals surface area contributed by atoms with Gasteiger partial charge in [-0.2, -0.15) is 18.3 Å². The Morgan fingerprint density at radius 3 is 2.69 bits per heavy atom. The minimum Gasteiger partial charge on any atom is -0.470 e. The molecule has 4 heterocycles. The fraction of sp³-hybridized carbons (Fsp3) is 0.0833. The van der Waals surface area contributed by atoms with Crippen molar-refractivity contribution in [2.45, 2.75) is 12.9 Å². The highest BCUT2D eigenvalue weighted by molar-refractivity contribution is 9.10. The molecule has 0 saturated carbocycles. The first kappa shape index (κ1) is 26.7. The molecule has 0 fully saturated rings. The molecule has 2 amide bonds. The summed E-state index contributed by atoms with van der Waals surface area (Å²) >= 11 is 10.1. The monoisotopic (exact) mass is 639 g/mol. The average Bonchev–Trinajstić information content (AvgIpc) is 3.63. The number of amides is 2. The van der Waals surface area contributed by atoms with Crippen LogP contribution in [0.1, 0.15) is 25.9 Å². The molecular formula is C24H14BrClF3N5O4S. The lowest BCUT2D eigenvalue weighted by Gasteiger charge is -2.10. The largest absolute Gasteiger partial charge is 0.470 e. The molecule has 0 unspecified atom stereocenters. The molecule has 0 radical (unpaired) electrons. The number of furan rings is 1. The average molecular weight is 641 g/mol. The number of hydrogen-bond donors (Lipinski definition) is 2. The molecule has 39 heavy (non-hydrogen) atoms. The number of carbonyl (C=O) groups excluding carboxylic acids is 2. The number of carbonyl (C=O) groups is 2. The Morgan fingerprint density at radius 1 is 1.23 bits per heavy atom. The highest BCUT2D eigenvalue weighted by Crippen LogP contribution is 2.43. The van der Waals surface area contributed by atoms with Crippen LogP contribution < -0.4 is 15.8 Å². The number of aromatic nitrogens is 3. The van der Waals surface area contributed by atoms with Crippen LogP contribution in [0.5, 0.6) is 5.75 Å². The van der Waals surface area contributed by atoms with Gasteiger partial charge in [-0.25, -0.2) is 9.67 Å². The Labute approximate surface area is 234 Å². The van der Waals surface area contributed by atoms with Gasteiger partial charge in [0.2, 0.25) is 0 Å². The quantitative estimate of drug-likeness (QED) is 0.207. The van der Waals surface area contributed by atoms with Crippen LogP contribution in [-0.4, -0.2) is 26.6 Å². The molecule has 0 bridgehead atoms. The Morgan fingerprint density at radius 2 is 2.03 bits per heavy atom. The van der Waals surface area contributed by atoms with E-state index in [2.05, 4.69) is 31.3 Å². The summed E-state index contributed by atoms with van der Waals surface area (Å²) in [6.07, 6.45) is -2.01. The summed E-state index contributed by atoms with van der Waals surface area (Å²) in [6.45, 7) is -0.0741. The minimum atomic E-state index is -4.77. The predicted octanol–water partition coefficient (Wildman–Crippen LogP) is 6.58. The van der Waals surface area contributed by atoms with Gasteiger partial charge in [-0.1, -0.05) is 27.5 Å². The van der Waals surface area contributed by atoms with Crippen LogP contribution in [-0.2, 0) is 12.9 Å². The maximum Gasteiger partial charge on any atom is 0.433 e. The van der Waals surface area contributed by atoms with E-state index in [1.807, 2.05) is 0 Å². The lowest BCUT2D eigenvalue weighted by Crippen LogP contribution is -2.18. The number of benzene rings is 1. The fourth-order valence-corrected chi connectivity index (χ4v) is 5.36. The van der Waals surface area contributed by atoms with Crippen LogP contribution in [0.3, 0.4) is 0 Å². The molecule has 15 heteroatoms. The van der Waals surface area contributed by atoms with Gasteiger partial charge in [-0.05, 0) is 42.5 Å². The Hall–Kier alpha value is -3.88. The van der Waals surface area contributed by atoms with Crippen molar-refractivity contribution in [3.63, 3.8) is 0 Å². The number of rotatable bonds is 7. The third-order valence-corrected chi connectivity index (χ3v) is 7.21. The highest BCUT2D eigenvalue weighted by atomic mass is 79.9. The number of anilines is 1. The van der Waals surface area contributed by atoms with Crippen molar-refractivity contribution >= 4 is 66.6 Å². The van der Waals surface area contributed by atoms with E-state index in [1.165, 1.54) is 35.3 Å². The van der Waals surface area contributed by atoms with Gasteiger partial charge in [0, 0.05) is 21.6 Å². The number of ether oxygens (including phenoxy) is 1. The third-order valence-electron chi connectivity index (χ3n) is 5.32. The second kappa shape index (κ2) is 10.4. The highest BCUT2D eigenvalue weighted by Gasteiger charge is 2.35. The maximum atomic E-state index is 13.6. The third kappa shape index (κ3) is 5.48. The zero-order valence-corrected chi connectivity index (χ0v) is 22.4. The van der Waals surface area contributed by atoms with E-state index in [9.17, 15) is 22.8 Å². The number of pyridine rings is 1.